The monoisotopic (exact) mass is 424 g/mol. The first-order valence-electron chi connectivity index (χ1n) is 7.25. The fourth-order valence-electron chi connectivity index (χ4n) is 2.56. The predicted molar refractivity (Wildman–Crippen MR) is 84.2 cm³/mol. The molecular weight excluding hydrogens is 419 g/mol. The maximum absolute atomic E-state index is 14.4. The van der Waals surface area contributed by atoms with Gasteiger partial charge in [0.15, 0.2) is 46.5 Å². The number of rotatable bonds is 2. The van der Waals surface area contributed by atoms with E-state index in [2.05, 4.69) is 12.6 Å². The van der Waals surface area contributed by atoms with Gasteiger partial charge in [-0.15, -0.1) is 12.6 Å². The summed E-state index contributed by atoms with van der Waals surface area (Å²) in [6, 6.07) is 4.60. The number of hydrogen-bond donors (Lipinski definition) is 1. The van der Waals surface area contributed by atoms with Gasteiger partial charge in [0, 0.05) is 4.90 Å². The molecule has 3 rings (SSSR count). The van der Waals surface area contributed by atoms with Crippen LogP contribution >= 0.6 is 12.6 Å². The molecule has 0 aromatic heterocycles. The Morgan fingerprint density at radius 2 is 0.679 bits per heavy atom. The highest BCUT2D eigenvalue weighted by molar-refractivity contribution is 7.80. The Morgan fingerprint density at radius 1 is 0.393 bits per heavy atom. The Balaban J connectivity index is 2.40. The smallest absolute Gasteiger partial charge is 0.200 e. The van der Waals surface area contributed by atoms with Crippen molar-refractivity contribution >= 4 is 12.6 Å². The van der Waals surface area contributed by atoms with Crippen molar-refractivity contribution in [2.75, 3.05) is 0 Å². The number of halogens is 9. The molecule has 3 aromatic rings. The van der Waals surface area contributed by atoms with Gasteiger partial charge >= 0.3 is 0 Å². The minimum atomic E-state index is -2.61. The van der Waals surface area contributed by atoms with E-state index in [9.17, 15) is 39.5 Å². The minimum Gasteiger partial charge on any atom is -0.203 e. The molecule has 0 aliphatic heterocycles. The maximum atomic E-state index is 14.4. The van der Waals surface area contributed by atoms with Gasteiger partial charge in [0.2, 0.25) is 5.82 Å². The summed E-state index contributed by atoms with van der Waals surface area (Å²) in [4.78, 5) is 0.350. The quantitative estimate of drug-likeness (QED) is 0.205. The van der Waals surface area contributed by atoms with Gasteiger partial charge in [-0.1, -0.05) is 12.1 Å². The number of hydrogen-bond acceptors (Lipinski definition) is 1. The van der Waals surface area contributed by atoms with Crippen molar-refractivity contribution in [2.45, 2.75) is 4.90 Å². The van der Waals surface area contributed by atoms with E-state index in [1.807, 2.05) is 0 Å². The molecule has 0 saturated carbocycles. The molecular formula is C18H5F9S. The van der Waals surface area contributed by atoms with Crippen molar-refractivity contribution in [3.63, 3.8) is 0 Å². The second-order valence-corrected chi connectivity index (χ2v) is 6.01. The zero-order valence-electron chi connectivity index (χ0n) is 13.2. The first-order chi connectivity index (χ1) is 13.1. The van der Waals surface area contributed by atoms with Gasteiger partial charge in [0.05, 0.1) is 16.7 Å². The molecule has 0 bridgehead atoms. The predicted octanol–water partition coefficient (Wildman–Crippen LogP) is 6.56. The summed E-state index contributed by atoms with van der Waals surface area (Å²) in [5, 5.41) is 0. The maximum Gasteiger partial charge on any atom is 0.200 e. The van der Waals surface area contributed by atoms with Gasteiger partial charge in [0.1, 0.15) is 0 Å². The van der Waals surface area contributed by atoms with E-state index in [0.29, 0.717) is 4.90 Å². The summed E-state index contributed by atoms with van der Waals surface area (Å²) in [6.45, 7) is 0. The van der Waals surface area contributed by atoms with Gasteiger partial charge in [-0.25, -0.2) is 39.5 Å². The Kier molecular flexibility index (Phi) is 5.09. The highest BCUT2D eigenvalue weighted by Crippen LogP contribution is 2.40. The molecule has 0 spiro atoms. The average molecular weight is 424 g/mol. The third-order valence-electron chi connectivity index (χ3n) is 3.88. The fraction of sp³-hybridized carbons (Fsp3) is 0. The van der Waals surface area contributed by atoms with Crippen LogP contribution in [0.2, 0.25) is 0 Å². The van der Waals surface area contributed by atoms with Crippen molar-refractivity contribution in [1.82, 2.24) is 0 Å². The summed E-state index contributed by atoms with van der Waals surface area (Å²) in [5.74, 6) is -21.7. The van der Waals surface area contributed by atoms with Crippen molar-refractivity contribution in [2.24, 2.45) is 0 Å². The van der Waals surface area contributed by atoms with E-state index >= 15 is 0 Å². The second kappa shape index (κ2) is 7.08. The van der Waals surface area contributed by atoms with Crippen LogP contribution in [0.3, 0.4) is 0 Å². The molecule has 146 valence electrons. The molecule has 0 aliphatic carbocycles. The number of thiol groups is 1. The molecule has 0 amide bonds. The van der Waals surface area contributed by atoms with Gasteiger partial charge < -0.3 is 0 Å². The standard InChI is InChI=1S/C18H5F9S/c19-10-7(5-1-3-6(28)4-2-5)11(20)13(22)8(12(10)21)9-14(23)16(25)18(27)17(26)15(9)24/h1-4,28H. The van der Waals surface area contributed by atoms with E-state index in [-0.39, 0.29) is 5.56 Å². The molecule has 0 heterocycles. The number of benzene rings is 3. The summed E-state index contributed by atoms with van der Waals surface area (Å²) in [5.41, 5.74) is -5.76. The normalized spacial score (nSPS) is 11.2. The lowest BCUT2D eigenvalue weighted by molar-refractivity contribution is 0.379. The van der Waals surface area contributed by atoms with Crippen LogP contribution in [0, 0.1) is 52.4 Å². The average Bonchev–Trinajstić information content (AvgIpc) is 2.67. The van der Waals surface area contributed by atoms with Crippen LogP contribution < -0.4 is 0 Å². The molecule has 0 nitrogen and oxygen atoms in total. The molecule has 0 aliphatic rings. The van der Waals surface area contributed by atoms with Crippen LogP contribution in [0.25, 0.3) is 22.3 Å². The molecule has 0 fully saturated rings. The first-order valence-corrected chi connectivity index (χ1v) is 7.69. The molecule has 0 saturated heterocycles. The van der Waals surface area contributed by atoms with Gasteiger partial charge in [-0.05, 0) is 17.7 Å². The van der Waals surface area contributed by atoms with Crippen LogP contribution in [-0.2, 0) is 0 Å². The third-order valence-corrected chi connectivity index (χ3v) is 4.18. The topological polar surface area (TPSA) is 0 Å². The molecule has 0 N–H and O–H groups in total. The van der Waals surface area contributed by atoms with Gasteiger partial charge in [-0.2, -0.15) is 0 Å². The first kappa shape index (κ1) is 20.1. The van der Waals surface area contributed by atoms with Gasteiger partial charge in [0.25, 0.3) is 0 Å². The van der Waals surface area contributed by atoms with Crippen LogP contribution in [-0.4, -0.2) is 0 Å². The fourth-order valence-corrected chi connectivity index (χ4v) is 2.71. The Labute approximate surface area is 156 Å². The lowest BCUT2D eigenvalue weighted by atomic mass is 9.96. The summed E-state index contributed by atoms with van der Waals surface area (Å²) in [7, 11) is 0. The molecule has 28 heavy (non-hydrogen) atoms. The largest absolute Gasteiger partial charge is 0.203 e. The molecule has 0 atom stereocenters. The minimum absolute atomic E-state index is 0.350. The summed E-state index contributed by atoms with van der Waals surface area (Å²) < 4.78 is 125. The third kappa shape index (κ3) is 2.92. The molecule has 10 heteroatoms. The van der Waals surface area contributed by atoms with E-state index < -0.39 is 69.0 Å². The Bertz CT molecular complexity index is 1050. The second-order valence-electron chi connectivity index (χ2n) is 5.50. The van der Waals surface area contributed by atoms with E-state index in [0.717, 1.165) is 12.1 Å². The van der Waals surface area contributed by atoms with Crippen LogP contribution in [0.5, 0.6) is 0 Å². The lowest BCUT2D eigenvalue weighted by Crippen LogP contribution is -2.09. The molecule has 0 radical (unpaired) electrons. The summed E-state index contributed by atoms with van der Waals surface area (Å²) in [6.07, 6.45) is 0. The van der Waals surface area contributed by atoms with Crippen LogP contribution in [0.4, 0.5) is 39.5 Å². The highest BCUT2D eigenvalue weighted by Gasteiger charge is 2.34. The van der Waals surface area contributed by atoms with E-state index in [4.69, 9.17) is 0 Å². The highest BCUT2D eigenvalue weighted by atomic mass is 32.1. The van der Waals surface area contributed by atoms with Crippen molar-refractivity contribution in [3.05, 3.63) is 76.6 Å². The molecule has 0 unspecified atom stereocenters. The summed E-state index contributed by atoms with van der Waals surface area (Å²) >= 11 is 3.93. The Hall–Kier alpha value is -2.62. The molecule has 3 aromatic carbocycles. The van der Waals surface area contributed by atoms with E-state index in [1.54, 1.807) is 0 Å². The lowest BCUT2D eigenvalue weighted by Gasteiger charge is -2.14. The zero-order valence-corrected chi connectivity index (χ0v) is 14.1. The van der Waals surface area contributed by atoms with Crippen LogP contribution in [0.15, 0.2) is 29.2 Å². The van der Waals surface area contributed by atoms with Crippen molar-refractivity contribution in [1.29, 1.82) is 0 Å². The Morgan fingerprint density at radius 3 is 1.07 bits per heavy atom. The SMILES string of the molecule is Fc1c(F)c(F)c(-c2c(F)c(F)c(-c3ccc(S)cc3)c(F)c2F)c(F)c1F. The van der Waals surface area contributed by atoms with Gasteiger partial charge in [-0.3, -0.25) is 0 Å². The van der Waals surface area contributed by atoms with E-state index in [1.165, 1.54) is 12.1 Å². The zero-order chi connectivity index (χ0) is 20.9. The van der Waals surface area contributed by atoms with Crippen molar-refractivity contribution in [3.8, 4) is 22.3 Å². The van der Waals surface area contributed by atoms with Crippen molar-refractivity contribution < 1.29 is 39.5 Å². The van der Waals surface area contributed by atoms with Crippen LogP contribution in [0.1, 0.15) is 0 Å².